The van der Waals surface area contributed by atoms with Gasteiger partial charge in [-0.15, -0.1) is 5.10 Å². The molecule has 6 nitrogen and oxygen atoms in total. The highest BCUT2D eigenvalue weighted by molar-refractivity contribution is 9.11. The number of halogens is 2. The molecular weight excluding hydrogens is 362 g/mol. The van der Waals surface area contributed by atoms with Crippen LogP contribution < -0.4 is 5.32 Å². The minimum Gasteiger partial charge on any atom is -0.303 e. The minimum absolute atomic E-state index is 0.313. The van der Waals surface area contributed by atoms with Crippen LogP contribution >= 0.6 is 43.4 Å². The fourth-order valence-electron chi connectivity index (χ4n) is 0.867. The highest BCUT2D eigenvalue weighted by atomic mass is 79.9. The summed E-state index contributed by atoms with van der Waals surface area (Å²) in [5.74, 6) is 0.0360. The molecule has 0 aliphatic heterocycles. The Morgan fingerprint density at radius 1 is 1.38 bits per heavy atom. The van der Waals surface area contributed by atoms with E-state index >= 15 is 0 Å². The van der Waals surface area contributed by atoms with E-state index in [1.165, 1.54) is 12.4 Å². The predicted octanol–water partition coefficient (Wildman–Crippen LogP) is 2.11. The Hall–Kier alpha value is -0.930. The number of hydrogen-bond acceptors (Lipinski definition) is 6. The molecule has 0 bridgehead atoms. The summed E-state index contributed by atoms with van der Waals surface area (Å²) in [6.07, 6.45) is 2.88. The van der Waals surface area contributed by atoms with Crippen LogP contribution in [0.2, 0.25) is 0 Å². The maximum absolute atomic E-state index is 11.6. The second kappa shape index (κ2) is 4.93. The number of amides is 1. The van der Waals surface area contributed by atoms with Crippen molar-refractivity contribution >= 4 is 55.1 Å². The lowest BCUT2D eigenvalue weighted by atomic mass is 10.5. The van der Waals surface area contributed by atoms with Crippen molar-refractivity contribution in [3.05, 3.63) is 26.5 Å². The van der Waals surface area contributed by atoms with Gasteiger partial charge >= 0.3 is 0 Å². The number of nitrogens with zero attached hydrogens (tertiary/aromatic N) is 4. The fraction of sp³-hybridized carbons (Fsp3) is 0. The fourth-order valence-corrected chi connectivity index (χ4v) is 2.19. The molecule has 0 aliphatic rings. The number of aromatic nitrogens is 4. The van der Waals surface area contributed by atoms with Gasteiger partial charge in [-0.2, -0.15) is 0 Å². The lowest BCUT2D eigenvalue weighted by molar-refractivity contribution is 0.103. The summed E-state index contributed by atoms with van der Waals surface area (Å²) in [6, 6.07) is 0. The molecule has 2 heterocycles. The van der Waals surface area contributed by atoms with Gasteiger partial charge in [0.1, 0.15) is 14.1 Å². The Kier molecular flexibility index (Phi) is 3.56. The Morgan fingerprint density at radius 2 is 2.19 bits per heavy atom. The summed E-state index contributed by atoms with van der Waals surface area (Å²) in [5.41, 5.74) is 0. The zero-order chi connectivity index (χ0) is 11.5. The van der Waals surface area contributed by atoms with Crippen LogP contribution in [0.25, 0.3) is 0 Å². The first-order valence-electron chi connectivity index (χ1n) is 3.93. The summed E-state index contributed by atoms with van der Waals surface area (Å²) < 4.78 is 4.63. The zero-order valence-corrected chi connectivity index (χ0v) is 11.5. The van der Waals surface area contributed by atoms with Gasteiger partial charge in [0, 0.05) is 0 Å². The minimum atomic E-state index is -0.313. The molecule has 0 spiro atoms. The van der Waals surface area contributed by atoms with Crippen LogP contribution in [-0.2, 0) is 0 Å². The van der Waals surface area contributed by atoms with Crippen molar-refractivity contribution in [1.82, 2.24) is 19.6 Å². The molecule has 16 heavy (non-hydrogen) atoms. The van der Waals surface area contributed by atoms with Gasteiger partial charge in [0.2, 0.25) is 0 Å². The molecule has 0 radical (unpaired) electrons. The average molecular weight is 365 g/mol. The van der Waals surface area contributed by atoms with Gasteiger partial charge in [0.25, 0.3) is 5.91 Å². The average Bonchev–Trinajstić information content (AvgIpc) is 2.75. The molecule has 0 saturated carbocycles. The van der Waals surface area contributed by atoms with Crippen LogP contribution in [0.15, 0.2) is 21.6 Å². The molecule has 2 aromatic heterocycles. The van der Waals surface area contributed by atoms with Crippen molar-refractivity contribution in [3.63, 3.8) is 0 Å². The topological polar surface area (TPSA) is 80.7 Å². The third kappa shape index (κ3) is 2.60. The molecule has 0 saturated heterocycles. The van der Waals surface area contributed by atoms with Crippen molar-refractivity contribution in [2.45, 2.75) is 0 Å². The Labute approximate surface area is 111 Å². The van der Waals surface area contributed by atoms with Crippen molar-refractivity contribution in [2.24, 2.45) is 0 Å². The van der Waals surface area contributed by atoms with E-state index in [1.807, 2.05) is 0 Å². The van der Waals surface area contributed by atoms with Crippen molar-refractivity contribution in [3.8, 4) is 0 Å². The van der Waals surface area contributed by atoms with Crippen molar-refractivity contribution < 1.29 is 4.79 Å². The number of carbonyl (C=O) groups is 1. The van der Waals surface area contributed by atoms with E-state index in [-0.39, 0.29) is 5.91 Å². The molecular formula is C7H3Br2N5OS. The molecule has 0 aliphatic carbocycles. The van der Waals surface area contributed by atoms with Crippen molar-refractivity contribution in [1.29, 1.82) is 0 Å². The molecule has 0 aromatic carbocycles. The molecule has 0 fully saturated rings. The normalized spacial score (nSPS) is 10.1. The Morgan fingerprint density at radius 3 is 2.81 bits per heavy atom. The largest absolute Gasteiger partial charge is 0.303 e. The van der Waals surface area contributed by atoms with Gasteiger partial charge in [-0.25, -0.2) is 9.97 Å². The number of rotatable bonds is 2. The van der Waals surface area contributed by atoms with Crippen molar-refractivity contribution in [2.75, 3.05) is 5.32 Å². The van der Waals surface area contributed by atoms with Gasteiger partial charge in [0.05, 0.1) is 12.4 Å². The van der Waals surface area contributed by atoms with E-state index in [4.69, 9.17) is 0 Å². The Balaban J connectivity index is 2.18. The number of carbonyl (C=O) groups excluding carboxylic acids is 1. The maximum atomic E-state index is 11.6. The molecule has 82 valence electrons. The molecule has 0 unspecified atom stereocenters. The first kappa shape index (κ1) is 11.6. The van der Waals surface area contributed by atoms with E-state index in [2.05, 4.69) is 56.7 Å². The van der Waals surface area contributed by atoms with Gasteiger partial charge in [-0.1, -0.05) is 4.49 Å². The summed E-state index contributed by atoms with van der Waals surface area (Å²) in [6.45, 7) is 0. The summed E-state index contributed by atoms with van der Waals surface area (Å²) in [4.78, 5) is 20.1. The van der Waals surface area contributed by atoms with Crippen LogP contribution in [0.4, 0.5) is 5.82 Å². The first-order valence-corrected chi connectivity index (χ1v) is 6.29. The van der Waals surface area contributed by atoms with E-state index < -0.39 is 0 Å². The van der Waals surface area contributed by atoms with Gasteiger partial charge in [-0.05, 0) is 43.4 Å². The van der Waals surface area contributed by atoms with Crippen LogP contribution in [0, 0.1) is 0 Å². The maximum Gasteiger partial charge on any atom is 0.270 e. The van der Waals surface area contributed by atoms with Crippen LogP contribution in [0.1, 0.15) is 9.67 Å². The molecule has 9 heteroatoms. The lowest BCUT2D eigenvalue weighted by Gasteiger charge is -2.03. The third-order valence-electron chi connectivity index (χ3n) is 1.52. The van der Waals surface area contributed by atoms with E-state index in [1.54, 1.807) is 0 Å². The molecule has 2 aromatic rings. The molecule has 0 atom stereocenters. The van der Waals surface area contributed by atoms with Gasteiger partial charge in [-0.3, -0.25) is 4.79 Å². The van der Waals surface area contributed by atoms with Crippen LogP contribution in [0.3, 0.4) is 0 Å². The zero-order valence-electron chi connectivity index (χ0n) is 7.52. The second-order valence-corrected chi connectivity index (χ2v) is 4.92. The lowest BCUT2D eigenvalue weighted by Crippen LogP contribution is -2.12. The smallest absolute Gasteiger partial charge is 0.270 e. The van der Waals surface area contributed by atoms with Crippen LogP contribution in [-0.4, -0.2) is 25.5 Å². The number of nitrogens with one attached hydrogen (secondary N) is 1. The SMILES string of the molecule is O=C(Nc1ncc(Br)nc1Br)c1cnns1. The number of hydrogen-bond donors (Lipinski definition) is 1. The highest BCUT2D eigenvalue weighted by Gasteiger charge is 2.12. The Bertz CT molecular complexity index is 518. The monoisotopic (exact) mass is 363 g/mol. The molecule has 1 amide bonds. The third-order valence-corrected chi connectivity index (χ3v) is 3.12. The molecule has 2 rings (SSSR count). The summed E-state index contributed by atoms with van der Waals surface area (Å²) in [7, 11) is 0. The number of anilines is 1. The highest BCUT2D eigenvalue weighted by Crippen LogP contribution is 2.20. The summed E-state index contributed by atoms with van der Waals surface area (Å²) in [5, 5.41) is 6.16. The predicted molar refractivity (Wildman–Crippen MR) is 65.3 cm³/mol. The van der Waals surface area contributed by atoms with Gasteiger partial charge < -0.3 is 5.32 Å². The first-order chi connectivity index (χ1) is 7.66. The van der Waals surface area contributed by atoms with E-state index in [9.17, 15) is 4.79 Å². The standard InChI is InChI=1S/C7H3Br2N5OS/c8-4-2-10-6(5(9)12-4)13-7(15)3-1-11-14-16-3/h1-2H,(H,10,13,15). The second-order valence-electron chi connectivity index (χ2n) is 2.57. The summed E-state index contributed by atoms with van der Waals surface area (Å²) >= 11 is 7.37. The quantitative estimate of drug-likeness (QED) is 0.882. The van der Waals surface area contributed by atoms with E-state index in [0.29, 0.717) is 19.9 Å². The van der Waals surface area contributed by atoms with Crippen LogP contribution in [0.5, 0.6) is 0 Å². The van der Waals surface area contributed by atoms with Gasteiger partial charge in [0.15, 0.2) is 5.82 Å². The van der Waals surface area contributed by atoms with E-state index in [0.717, 1.165) is 11.5 Å². The molecule has 1 N–H and O–H groups in total.